The molecule has 0 bridgehead atoms. The molecule has 2 nitrogen and oxygen atoms in total. The first kappa shape index (κ1) is 21.3. The van der Waals surface area contributed by atoms with Crippen LogP contribution in [-0.4, -0.2) is 27.1 Å². The highest BCUT2D eigenvalue weighted by Crippen LogP contribution is 2.13. The summed E-state index contributed by atoms with van der Waals surface area (Å²) in [6.45, 7) is 0. The lowest BCUT2D eigenvalue weighted by Crippen LogP contribution is -1.99. The first-order chi connectivity index (χ1) is 10.2. The zero-order valence-electron chi connectivity index (χ0n) is 13.5. The fourth-order valence-corrected chi connectivity index (χ4v) is 4.31. The monoisotopic (exact) mass is 354 g/mol. The van der Waals surface area contributed by atoms with E-state index >= 15 is 0 Å². The number of rotatable bonds is 15. The molecule has 21 heavy (non-hydrogen) atoms. The molecule has 0 aromatic heterocycles. The van der Waals surface area contributed by atoms with Crippen molar-refractivity contribution in [2.75, 3.05) is 7.11 Å². The predicted octanol–water partition coefficient (Wildman–Crippen LogP) is 5.19. The van der Waals surface area contributed by atoms with Crippen molar-refractivity contribution in [3.05, 3.63) is 0 Å². The summed E-state index contributed by atoms with van der Waals surface area (Å²) in [6, 6.07) is 1.29. The Morgan fingerprint density at radius 3 is 1.71 bits per heavy atom. The van der Waals surface area contributed by atoms with Crippen molar-refractivity contribution >= 4 is 38.7 Å². The summed E-state index contributed by atoms with van der Waals surface area (Å²) < 4.78 is 4.58. The van der Waals surface area contributed by atoms with Gasteiger partial charge in [0.15, 0.2) is 0 Å². The van der Waals surface area contributed by atoms with Crippen molar-refractivity contribution in [2.24, 2.45) is 0 Å². The van der Waals surface area contributed by atoms with Gasteiger partial charge < -0.3 is 4.74 Å². The molecule has 0 spiro atoms. The first-order valence-electron chi connectivity index (χ1n) is 8.51. The van der Waals surface area contributed by atoms with E-state index in [0.717, 1.165) is 12.8 Å². The molecule has 0 heterocycles. The number of esters is 1. The van der Waals surface area contributed by atoms with E-state index in [1.165, 1.54) is 70.9 Å². The maximum Gasteiger partial charge on any atom is 0.305 e. The van der Waals surface area contributed by atoms with Crippen molar-refractivity contribution < 1.29 is 9.53 Å². The van der Waals surface area contributed by atoms with Crippen molar-refractivity contribution in [3.63, 3.8) is 0 Å². The molecule has 0 aliphatic heterocycles. The topological polar surface area (TPSA) is 26.3 Å². The molecule has 0 amide bonds. The molecule has 0 radical (unpaired) electrons. The number of carbonyl (C=O) groups excluding carboxylic acids is 1. The summed E-state index contributed by atoms with van der Waals surface area (Å²) in [5, 5.41) is 0. The zero-order chi connectivity index (χ0) is 15.8. The summed E-state index contributed by atoms with van der Waals surface area (Å²) in [7, 11) is 1.24. The summed E-state index contributed by atoms with van der Waals surface area (Å²) in [4.78, 5) is 10.9. The fraction of sp³-hybridized carbons (Fsp3) is 0.938. The van der Waals surface area contributed by atoms with Crippen LogP contribution in [0.2, 0.25) is 6.04 Å². The van der Waals surface area contributed by atoms with Gasteiger partial charge in [-0.05, 0) is 6.42 Å². The Bertz CT molecular complexity index is 238. The molecule has 0 fully saturated rings. The maximum absolute atomic E-state index is 10.9. The average molecular weight is 355 g/mol. The second kappa shape index (κ2) is 16.6. The molecular weight excluding hydrogens is 323 g/mol. The second-order valence-corrected chi connectivity index (χ2v) is 10.2. The first-order valence-corrected chi connectivity index (χ1v) is 11.2. The molecule has 0 saturated carbocycles. The lowest BCUT2D eigenvalue weighted by Gasteiger charge is -2.03. The lowest BCUT2D eigenvalue weighted by molar-refractivity contribution is -0.140. The lowest BCUT2D eigenvalue weighted by atomic mass is 10.1. The Morgan fingerprint density at radius 1 is 0.857 bits per heavy atom. The molecular formula is C16H32Cl2O2Si. The third-order valence-electron chi connectivity index (χ3n) is 3.78. The van der Waals surface area contributed by atoms with E-state index in [1.54, 1.807) is 0 Å². The number of unbranched alkanes of at least 4 members (excludes halogenated alkanes) is 10. The highest BCUT2D eigenvalue weighted by atomic mass is 35.5. The van der Waals surface area contributed by atoms with E-state index in [4.69, 9.17) is 23.2 Å². The fourth-order valence-electron chi connectivity index (χ4n) is 2.44. The van der Waals surface area contributed by atoms with Crippen LogP contribution in [0.5, 0.6) is 0 Å². The molecule has 5 heteroatoms. The van der Waals surface area contributed by atoms with Gasteiger partial charge in [-0.25, -0.2) is 0 Å². The van der Waals surface area contributed by atoms with Crippen LogP contribution in [0, 0.1) is 0 Å². The zero-order valence-corrected chi connectivity index (χ0v) is 16.5. The van der Waals surface area contributed by atoms with Crippen LogP contribution in [0.3, 0.4) is 0 Å². The van der Waals surface area contributed by atoms with Crippen LogP contribution in [0.4, 0.5) is 0 Å². The van der Waals surface area contributed by atoms with Crippen LogP contribution in [0.25, 0.3) is 0 Å². The molecule has 0 aliphatic carbocycles. The summed E-state index contributed by atoms with van der Waals surface area (Å²) >= 11 is 11.5. The highest BCUT2D eigenvalue weighted by molar-refractivity contribution is 6.68. The molecule has 0 aliphatic rings. The van der Waals surface area contributed by atoms with Gasteiger partial charge in [0.05, 0.1) is 21.1 Å². The van der Waals surface area contributed by atoms with Gasteiger partial charge in [-0.15, -0.1) is 23.2 Å². The smallest absolute Gasteiger partial charge is 0.305 e. The Labute approximate surface area is 143 Å². The molecule has 0 N–H and O–H groups in total. The van der Waals surface area contributed by atoms with Gasteiger partial charge in [0.1, 0.15) is 0 Å². The van der Waals surface area contributed by atoms with Gasteiger partial charge in [-0.3, -0.25) is 4.79 Å². The van der Waals surface area contributed by atoms with Crippen LogP contribution < -0.4 is 0 Å². The third kappa shape index (κ3) is 18.2. The van der Waals surface area contributed by atoms with Crippen LogP contribution in [-0.2, 0) is 9.53 Å². The highest BCUT2D eigenvalue weighted by Gasteiger charge is 2.00. The summed E-state index contributed by atoms with van der Waals surface area (Å²) in [5.41, 5.74) is 0. The van der Waals surface area contributed by atoms with Gasteiger partial charge in [0.25, 0.3) is 0 Å². The number of alkyl halides is 2. The van der Waals surface area contributed by atoms with Crippen molar-refractivity contribution in [3.8, 4) is 0 Å². The minimum atomic E-state index is -0.217. The summed E-state index contributed by atoms with van der Waals surface area (Å²) in [5.74, 6) is -0.0784. The van der Waals surface area contributed by atoms with E-state index in [2.05, 4.69) is 4.74 Å². The Morgan fingerprint density at radius 2 is 1.29 bits per heavy atom. The van der Waals surface area contributed by atoms with E-state index in [1.807, 2.05) is 0 Å². The minimum Gasteiger partial charge on any atom is -0.469 e. The van der Waals surface area contributed by atoms with Gasteiger partial charge >= 0.3 is 5.97 Å². The number of hydrogen-bond donors (Lipinski definition) is 0. The number of carbonyl (C=O) groups is 1. The number of hydrogen-bond acceptors (Lipinski definition) is 2. The van der Waals surface area contributed by atoms with Crippen molar-refractivity contribution in [1.29, 1.82) is 0 Å². The number of halogens is 2. The molecule has 0 saturated heterocycles. The van der Waals surface area contributed by atoms with Gasteiger partial charge in [0.2, 0.25) is 0 Å². The van der Waals surface area contributed by atoms with Crippen LogP contribution >= 0.6 is 23.2 Å². The van der Waals surface area contributed by atoms with E-state index in [-0.39, 0.29) is 19.9 Å². The van der Waals surface area contributed by atoms with Crippen molar-refractivity contribution in [1.82, 2.24) is 0 Å². The normalized spacial score (nSPS) is 11.6. The Balaban J connectivity index is 3.01. The predicted molar refractivity (Wildman–Crippen MR) is 96.3 cm³/mol. The quantitative estimate of drug-likeness (QED) is 0.175. The largest absolute Gasteiger partial charge is 0.469 e. The second-order valence-electron chi connectivity index (χ2n) is 5.75. The molecule has 0 aromatic rings. The Kier molecular flexibility index (Phi) is 16.8. The molecule has 126 valence electrons. The standard InChI is InChI=1S/C16H32Cl2O2Si/c1-20-15(19)13-11-9-7-5-3-2-4-6-8-10-12-14-21-16(17)18/h16H,2-14,21H2,1H3. The van der Waals surface area contributed by atoms with Gasteiger partial charge in [-0.2, -0.15) is 0 Å². The van der Waals surface area contributed by atoms with E-state index in [9.17, 15) is 4.79 Å². The maximum atomic E-state index is 10.9. The van der Waals surface area contributed by atoms with Crippen LogP contribution in [0.1, 0.15) is 77.0 Å². The average Bonchev–Trinajstić information content (AvgIpc) is 2.46. The third-order valence-corrected chi connectivity index (χ3v) is 6.43. The minimum absolute atomic E-state index is 0.0439. The van der Waals surface area contributed by atoms with Gasteiger partial charge in [-0.1, -0.05) is 70.3 Å². The molecule has 0 aromatic carbocycles. The van der Waals surface area contributed by atoms with Gasteiger partial charge in [0, 0.05) is 6.42 Å². The number of ether oxygens (including phenoxy) is 1. The van der Waals surface area contributed by atoms with Crippen LogP contribution in [0.15, 0.2) is 0 Å². The number of methoxy groups -OCH3 is 1. The van der Waals surface area contributed by atoms with Crippen molar-refractivity contribution in [2.45, 2.75) is 87.6 Å². The molecule has 0 unspecified atom stereocenters. The SMILES string of the molecule is COC(=O)CCCCCCCCCCCCC[SiH2]C(Cl)Cl. The molecule has 0 rings (SSSR count). The summed E-state index contributed by atoms with van der Waals surface area (Å²) in [6.07, 6.45) is 14.7. The van der Waals surface area contributed by atoms with E-state index < -0.39 is 0 Å². The van der Waals surface area contributed by atoms with E-state index in [0.29, 0.717) is 6.42 Å². The molecule has 0 atom stereocenters. The Hall–Kier alpha value is 0.267.